The second kappa shape index (κ2) is 15.5. The van der Waals surface area contributed by atoms with Gasteiger partial charge in [-0.25, -0.2) is 9.78 Å². The Morgan fingerprint density at radius 1 is 0.958 bits per heavy atom. The molecule has 9 heteroatoms. The van der Waals surface area contributed by atoms with Gasteiger partial charge in [0.1, 0.15) is 17.1 Å². The van der Waals surface area contributed by atoms with Gasteiger partial charge in [-0.3, -0.25) is 9.36 Å². The number of aromatic nitrogens is 2. The van der Waals surface area contributed by atoms with Crippen LogP contribution in [-0.4, -0.2) is 31.7 Å². The van der Waals surface area contributed by atoms with Gasteiger partial charge < -0.3 is 19.8 Å². The van der Waals surface area contributed by atoms with Crippen molar-refractivity contribution in [2.45, 2.75) is 106 Å². The average molecular weight is 671 g/mol. The van der Waals surface area contributed by atoms with Crippen LogP contribution >= 0.6 is 0 Å². The number of hydrogen-bond donors (Lipinski definition) is 2. The molecule has 2 aromatic carbocycles. The monoisotopic (exact) mass is 670 g/mol. The predicted molar refractivity (Wildman–Crippen MR) is 202 cm³/mol. The van der Waals surface area contributed by atoms with Crippen molar-refractivity contribution in [1.29, 1.82) is 0 Å². The molecule has 1 atom stereocenters. The second-order valence-electron chi connectivity index (χ2n) is 14.6. The molecule has 4 aromatic rings. The van der Waals surface area contributed by atoms with E-state index in [4.69, 9.17) is 9.16 Å². The molecule has 0 saturated heterocycles. The van der Waals surface area contributed by atoms with Crippen LogP contribution in [-0.2, 0) is 11.0 Å². The van der Waals surface area contributed by atoms with Gasteiger partial charge in [-0.05, 0) is 83.3 Å². The van der Waals surface area contributed by atoms with Crippen LogP contribution in [0.1, 0.15) is 103 Å². The summed E-state index contributed by atoms with van der Waals surface area (Å²) in [7, 11) is 0.260. The molecule has 0 spiro atoms. The first kappa shape index (κ1) is 36.9. The lowest BCUT2D eigenvalue weighted by molar-refractivity contribution is 0.0864. The summed E-state index contributed by atoms with van der Waals surface area (Å²) < 4.78 is 13.8. The zero-order valence-electron chi connectivity index (χ0n) is 30.7. The lowest BCUT2D eigenvalue weighted by Crippen LogP contribution is -2.30. The van der Waals surface area contributed by atoms with Crippen LogP contribution in [0.3, 0.4) is 0 Å². The number of rotatable bonds is 12. The largest absolute Gasteiger partial charge is 0.497 e. The number of anilines is 2. The fourth-order valence-electron chi connectivity index (χ4n) is 6.23. The number of carbonyl (C=O) groups excluding carboxylic acids is 1. The number of hydrogen-bond acceptors (Lipinski definition) is 5. The molecule has 0 aliphatic heterocycles. The minimum absolute atomic E-state index is 0.0692. The van der Waals surface area contributed by atoms with E-state index in [9.17, 15) is 9.59 Å². The maximum Gasteiger partial charge on any atom is 0.323 e. The van der Waals surface area contributed by atoms with Crippen LogP contribution in [0.5, 0.6) is 5.75 Å². The van der Waals surface area contributed by atoms with E-state index in [0.717, 1.165) is 46.2 Å². The summed E-state index contributed by atoms with van der Waals surface area (Å²) >= 11 is 0. The third kappa shape index (κ3) is 8.18. The van der Waals surface area contributed by atoms with Gasteiger partial charge in [0.05, 0.1) is 13.2 Å². The summed E-state index contributed by atoms with van der Waals surface area (Å²) in [5.74, 6) is 0.899. The van der Waals surface area contributed by atoms with Gasteiger partial charge >= 0.3 is 6.03 Å². The normalized spacial score (nSPS) is 12.6. The Kier molecular flexibility index (Phi) is 11.9. The summed E-state index contributed by atoms with van der Waals surface area (Å²) in [5, 5.41) is 7.00. The molecule has 0 fully saturated rings. The summed E-state index contributed by atoms with van der Waals surface area (Å²) in [6.07, 6.45) is 3.34. The smallest absolute Gasteiger partial charge is 0.323 e. The number of carbonyl (C=O) groups is 1. The molecule has 1 unspecified atom stereocenters. The van der Waals surface area contributed by atoms with E-state index in [0.29, 0.717) is 23.5 Å². The molecule has 48 heavy (non-hydrogen) atoms. The number of nitrogens with one attached hydrogen (secondary N) is 2. The van der Waals surface area contributed by atoms with Crippen LogP contribution in [0.15, 0.2) is 59.5 Å². The van der Waals surface area contributed by atoms with Gasteiger partial charge in [-0.1, -0.05) is 86.1 Å². The lowest BCUT2D eigenvalue weighted by Gasteiger charge is -2.34. The minimum Gasteiger partial charge on any atom is -0.497 e. The molecule has 0 aliphatic rings. The standard InChI is InChI=1S/C39H54N4O4Si/c1-12-13-20-43-36-29(18-15-19-40-36)32(26-16-14-17-28(21-26)46-9)34(37(43)44)42-38(45)41-33-30(24(2)3)22-27(23-31(33)25(4)5)35(39(6,7)8)47-48(10)11/h14-19,21-25,35,48H,12-13,20H2,1-11H3,(H2,41,42,45). The average Bonchev–Trinajstić information content (AvgIpc) is 3.03. The maximum atomic E-state index is 14.3. The van der Waals surface area contributed by atoms with Crippen molar-refractivity contribution in [2.24, 2.45) is 5.41 Å². The van der Waals surface area contributed by atoms with Crippen molar-refractivity contribution in [3.05, 3.63) is 81.8 Å². The van der Waals surface area contributed by atoms with Crippen LogP contribution in [0.2, 0.25) is 13.1 Å². The van der Waals surface area contributed by atoms with Crippen molar-refractivity contribution >= 4 is 37.5 Å². The number of urea groups is 1. The minimum atomic E-state index is -1.35. The van der Waals surface area contributed by atoms with Crippen LogP contribution in [0.4, 0.5) is 16.2 Å². The Balaban J connectivity index is 1.89. The number of fused-ring (bicyclic) bond motifs is 1. The summed E-state index contributed by atoms with van der Waals surface area (Å²) in [4.78, 5) is 33.1. The number of nitrogens with zero attached hydrogens (tertiary/aromatic N) is 2. The first-order chi connectivity index (χ1) is 22.7. The molecular weight excluding hydrogens is 617 g/mol. The SMILES string of the molecule is CCCCn1c(=O)c(NC(=O)Nc2c(C(C)C)cc(C(O[SiH](C)C)C(C)(C)C)cc2C(C)C)c(-c2cccc(OC)c2)c2cccnc21. The van der Waals surface area contributed by atoms with E-state index >= 15 is 0 Å². The van der Waals surface area contributed by atoms with E-state index in [-0.39, 0.29) is 34.6 Å². The van der Waals surface area contributed by atoms with E-state index < -0.39 is 15.1 Å². The summed E-state index contributed by atoms with van der Waals surface area (Å²) in [5.41, 5.74) is 5.71. The van der Waals surface area contributed by atoms with Crippen LogP contribution in [0, 0.1) is 5.41 Å². The molecule has 2 N–H and O–H groups in total. The Labute approximate surface area is 288 Å². The van der Waals surface area contributed by atoms with E-state index in [1.54, 1.807) is 17.9 Å². The zero-order chi connectivity index (χ0) is 35.3. The summed E-state index contributed by atoms with van der Waals surface area (Å²) in [6.45, 7) is 22.2. The number of amides is 2. The Hall–Kier alpha value is -3.95. The molecule has 2 aromatic heterocycles. The molecule has 0 saturated carbocycles. The lowest BCUT2D eigenvalue weighted by atomic mass is 9.81. The van der Waals surface area contributed by atoms with Crippen LogP contribution in [0.25, 0.3) is 22.2 Å². The Morgan fingerprint density at radius 3 is 2.17 bits per heavy atom. The molecule has 0 radical (unpaired) electrons. The molecule has 2 heterocycles. The summed E-state index contributed by atoms with van der Waals surface area (Å²) in [6, 6.07) is 15.2. The molecule has 0 bridgehead atoms. The number of benzene rings is 2. The maximum absolute atomic E-state index is 14.3. The topological polar surface area (TPSA) is 94.5 Å². The highest BCUT2D eigenvalue weighted by Gasteiger charge is 2.31. The van der Waals surface area contributed by atoms with Crippen molar-refractivity contribution in [1.82, 2.24) is 9.55 Å². The molecule has 2 amide bonds. The fourth-order valence-corrected chi connectivity index (χ4v) is 7.34. The van der Waals surface area contributed by atoms with E-state index in [1.807, 2.05) is 36.4 Å². The van der Waals surface area contributed by atoms with E-state index in [2.05, 4.69) is 96.2 Å². The quantitative estimate of drug-likeness (QED) is 0.146. The molecule has 0 aliphatic carbocycles. The molecule has 8 nitrogen and oxygen atoms in total. The van der Waals surface area contributed by atoms with E-state index in [1.165, 1.54) is 0 Å². The number of methoxy groups -OCH3 is 1. The van der Waals surface area contributed by atoms with Crippen LogP contribution < -0.4 is 20.9 Å². The third-order valence-electron chi connectivity index (χ3n) is 8.55. The van der Waals surface area contributed by atoms with Gasteiger partial charge in [0.2, 0.25) is 0 Å². The van der Waals surface area contributed by atoms with Crippen molar-refractivity contribution < 1.29 is 14.0 Å². The predicted octanol–water partition coefficient (Wildman–Crippen LogP) is 9.85. The second-order valence-corrected chi connectivity index (χ2v) is 16.9. The number of aryl methyl sites for hydroxylation is 1. The Bertz CT molecular complexity index is 1780. The molecular formula is C39H54N4O4Si. The number of unbranched alkanes of at least 4 members (excludes halogenated alkanes) is 1. The highest BCUT2D eigenvalue weighted by molar-refractivity contribution is 6.48. The van der Waals surface area contributed by atoms with Gasteiger partial charge in [0.15, 0.2) is 9.04 Å². The molecule has 4 rings (SSSR count). The first-order valence-electron chi connectivity index (χ1n) is 17.2. The highest BCUT2D eigenvalue weighted by atomic mass is 28.3. The Morgan fingerprint density at radius 2 is 1.60 bits per heavy atom. The van der Waals surface area contributed by atoms with Gasteiger partial charge in [0.25, 0.3) is 5.56 Å². The van der Waals surface area contributed by atoms with Crippen molar-refractivity contribution in [3.63, 3.8) is 0 Å². The van der Waals surface area contributed by atoms with Crippen molar-refractivity contribution in [2.75, 3.05) is 17.7 Å². The number of pyridine rings is 2. The van der Waals surface area contributed by atoms with Gasteiger partial charge in [0, 0.05) is 29.4 Å². The molecule has 258 valence electrons. The zero-order valence-corrected chi connectivity index (χ0v) is 31.8. The number of ether oxygens (including phenoxy) is 1. The van der Waals surface area contributed by atoms with Gasteiger partial charge in [-0.15, -0.1) is 0 Å². The van der Waals surface area contributed by atoms with Crippen molar-refractivity contribution in [3.8, 4) is 16.9 Å². The third-order valence-corrected chi connectivity index (χ3v) is 9.37. The highest BCUT2D eigenvalue weighted by Crippen LogP contribution is 2.42. The fraction of sp³-hybridized carbons (Fsp3) is 0.462. The van der Waals surface area contributed by atoms with Gasteiger partial charge in [-0.2, -0.15) is 0 Å². The first-order valence-corrected chi connectivity index (χ1v) is 20.0.